The molecule has 1 aromatic rings. The van der Waals surface area contributed by atoms with E-state index >= 15 is 0 Å². The summed E-state index contributed by atoms with van der Waals surface area (Å²) in [6, 6.07) is 6.53. The van der Waals surface area contributed by atoms with Crippen molar-refractivity contribution in [3.63, 3.8) is 0 Å². The van der Waals surface area contributed by atoms with Crippen LogP contribution in [0.15, 0.2) is 29.8 Å². The van der Waals surface area contributed by atoms with Crippen LogP contribution in [0.1, 0.15) is 12.5 Å². The third-order valence-electron chi connectivity index (χ3n) is 3.17. The molecule has 0 radical (unpaired) electrons. The summed E-state index contributed by atoms with van der Waals surface area (Å²) in [4.78, 5) is 24.2. The number of aliphatic carboxylic acids is 1. The van der Waals surface area contributed by atoms with E-state index in [1.165, 1.54) is 18.9 Å². The fraction of sp³-hybridized carbons (Fsp3) is 0.286. The number of fused-ring (bicyclic) bond motifs is 1. The number of likely N-dealkylation sites (N-methyl/N-ethyl adjacent to an activating group) is 1. The summed E-state index contributed by atoms with van der Waals surface area (Å²) in [5, 5.41) is 8.91. The zero-order chi connectivity index (χ0) is 14.0. The Morgan fingerprint density at radius 3 is 2.74 bits per heavy atom. The first-order valence-corrected chi connectivity index (χ1v) is 5.93. The molecule has 1 unspecified atom stereocenters. The van der Waals surface area contributed by atoms with Gasteiger partial charge in [-0.05, 0) is 19.1 Å². The van der Waals surface area contributed by atoms with Crippen LogP contribution in [0, 0.1) is 0 Å². The van der Waals surface area contributed by atoms with Gasteiger partial charge in [0.05, 0.1) is 5.57 Å². The number of hydrogen-bond donors (Lipinski definition) is 1. The minimum Gasteiger partial charge on any atom is -0.488 e. The van der Waals surface area contributed by atoms with Crippen molar-refractivity contribution in [3.8, 4) is 5.75 Å². The van der Waals surface area contributed by atoms with Crippen LogP contribution >= 0.6 is 0 Å². The van der Waals surface area contributed by atoms with Gasteiger partial charge in [0.2, 0.25) is 0 Å². The van der Waals surface area contributed by atoms with E-state index < -0.39 is 12.0 Å². The molecule has 1 aliphatic rings. The normalized spacial score (nSPS) is 14.7. The molecule has 1 aliphatic heterocycles. The van der Waals surface area contributed by atoms with Gasteiger partial charge in [0, 0.05) is 12.6 Å². The first kappa shape index (κ1) is 13.1. The Labute approximate surface area is 111 Å². The summed E-state index contributed by atoms with van der Waals surface area (Å²) in [5.74, 6) is -0.633. The Morgan fingerprint density at radius 1 is 1.37 bits per heavy atom. The van der Waals surface area contributed by atoms with E-state index in [1.807, 2.05) is 24.3 Å². The van der Waals surface area contributed by atoms with Gasteiger partial charge < -0.3 is 14.7 Å². The third-order valence-corrected chi connectivity index (χ3v) is 3.17. The highest BCUT2D eigenvalue weighted by Crippen LogP contribution is 2.26. The largest absolute Gasteiger partial charge is 0.488 e. The molecule has 1 N–H and O–H groups in total. The minimum atomic E-state index is -1.03. The fourth-order valence-electron chi connectivity index (χ4n) is 1.81. The number of para-hydroxylation sites is 1. The van der Waals surface area contributed by atoms with E-state index in [2.05, 4.69) is 0 Å². The molecule has 1 amide bonds. The van der Waals surface area contributed by atoms with Crippen molar-refractivity contribution < 1.29 is 19.4 Å². The van der Waals surface area contributed by atoms with Crippen molar-refractivity contribution in [2.75, 3.05) is 13.7 Å². The average molecular weight is 261 g/mol. The van der Waals surface area contributed by atoms with Crippen LogP contribution in [0.2, 0.25) is 0 Å². The Bertz CT molecular complexity index is 550. The topological polar surface area (TPSA) is 66.8 Å². The summed E-state index contributed by atoms with van der Waals surface area (Å²) >= 11 is 0. The number of amides is 1. The molecule has 0 saturated carbocycles. The number of carboxylic acid groups (broad SMARTS) is 1. The molecule has 100 valence electrons. The number of ether oxygens (including phenoxy) is 1. The van der Waals surface area contributed by atoms with Crippen molar-refractivity contribution in [3.05, 3.63) is 35.4 Å². The molecule has 0 aromatic heterocycles. The number of carbonyl (C=O) groups excluding carboxylic acids is 1. The number of rotatable bonds is 3. The summed E-state index contributed by atoms with van der Waals surface area (Å²) in [5.41, 5.74) is 1.28. The smallest absolute Gasteiger partial charge is 0.326 e. The molecule has 0 saturated heterocycles. The van der Waals surface area contributed by atoms with Gasteiger partial charge in [-0.3, -0.25) is 4.79 Å². The standard InChI is InChI=1S/C14H15NO4/c1-9(14(17)18)15(2)13(16)11-7-10-5-3-4-6-12(10)19-8-11/h3-7,9H,8H2,1-2H3,(H,17,18). The van der Waals surface area contributed by atoms with Crippen LogP contribution in [0.3, 0.4) is 0 Å². The first-order valence-electron chi connectivity index (χ1n) is 5.93. The molecule has 0 aliphatic carbocycles. The molecular formula is C14H15NO4. The van der Waals surface area contributed by atoms with Crippen LogP contribution in [0.25, 0.3) is 6.08 Å². The first-order chi connectivity index (χ1) is 9.00. The van der Waals surface area contributed by atoms with Gasteiger partial charge >= 0.3 is 5.97 Å². The molecule has 0 spiro atoms. The van der Waals surface area contributed by atoms with Crippen molar-refractivity contribution in [2.45, 2.75) is 13.0 Å². The summed E-state index contributed by atoms with van der Waals surface area (Å²) in [7, 11) is 1.47. The lowest BCUT2D eigenvalue weighted by Crippen LogP contribution is -2.41. The number of hydrogen-bond acceptors (Lipinski definition) is 3. The quantitative estimate of drug-likeness (QED) is 0.893. The minimum absolute atomic E-state index is 0.159. The SMILES string of the molecule is CC(C(=O)O)N(C)C(=O)C1=Cc2ccccc2OC1. The molecule has 19 heavy (non-hydrogen) atoms. The second-order valence-electron chi connectivity index (χ2n) is 4.43. The lowest BCUT2D eigenvalue weighted by Gasteiger charge is -2.25. The van der Waals surface area contributed by atoms with Crippen LogP contribution in [0.4, 0.5) is 0 Å². The molecule has 2 rings (SSSR count). The molecule has 5 heteroatoms. The van der Waals surface area contributed by atoms with Gasteiger partial charge in [-0.2, -0.15) is 0 Å². The predicted octanol–water partition coefficient (Wildman–Crippen LogP) is 1.39. The molecule has 5 nitrogen and oxygen atoms in total. The van der Waals surface area contributed by atoms with Gasteiger partial charge in [0.25, 0.3) is 5.91 Å². The molecule has 1 heterocycles. The maximum Gasteiger partial charge on any atom is 0.326 e. The van der Waals surface area contributed by atoms with Crippen LogP contribution in [-0.2, 0) is 9.59 Å². The lowest BCUT2D eigenvalue weighted by molar-refractivity contribution is -0.147. The Balaban J connectivity index is 2.22. The molecule has 0 fully saturated rings. The van der Waals surface area contributed by atoms with Crippen molar-refractivity contribution in [2.24, 2.45) is 0 Å². The van der Waals surface area contributed by atoms with Gasteiger partial charge in [-0.1, -0.05) is 18.2 Å². The lowest BCUT2D eigenvalue weighted by atomic mass is 10.1. The highest BCUT2D eigenvalue weighted by Gasteiger charge is 2.26. The molecule has 1 aromatic carbocycles. The van der Waals surface area contributed by atoms with E-state index in [1.54, 1.807) is 6.08 Å². The van der Waals surface area contributed by atoms with Gasteiger partial charge in [-0.15, -0.1) is 0 Å². The molecular weight excluding hydrogens is 246 g/mol. The van der Waals surface area contributed by atoms with E-state index in [0.29, 0.717) is 5.57 Å². The van der Waals surface area contributed by atoms with Gasteiger partial charge in [0.1, 0.15) is 18.4 Å². The van der Waals surface area contributed by atoms with E-state index in [9.17, 15) is 9.59 Å². The van der Waals surface area contributed by atoms with Gasteiger partial charge in [0.15, 0.2) is 0 Å². The Morgan fingerprint density at radius 2 is 2.05 bits per heavy atom. The Hall–Kier alpha value is -2.30. The molecule has 0 bridgehead atoms. The summed E-state index contributed by atoms with van der Waals surface area (Å²) in [6.45, 7) is 1.63. The summed E-state index contributed by atoms with van der Waals surface area (Å²) < 4.78 is 5.48. The van der Waals surface area contributed by atoms with Crippen LogP contribution in [0.5, 0.6) is 5.75 Å². The highest BCUT2D eigenvalue weighted by atomic mass is 16.5. The zero-order valence-corrected chi connectivity index (χ0v) is 10.8. The van der Waals surface area contributed by atoms with E-state index in [-0.39, 0.29) is 12.5 Å². The fourth-order valence-corrected chi connectivity index (χ4v) is 1.81. The van der Waals surface area contributed by atoms with Crippen LogP contribution in [-0.4, -0.2) is 41.6 Å². The second kappa shape index (κ2) is 5.14. The van der Waals surface area contributed by atoms with Gasteiger partial charge in [-0.25, -0.2) is 4.79 Å². The average Bonchev–Trinajstić information content (AvgIpc) is 2.44. The maximum absolute atomic E-state index is 12.2. The number of benzene rings is 1. The van der Waals surface area contributed by atoms with E-state index in [4.69, 9.17) is 9.84 Å². The summed E-state index contributed by atoms with van der Waals surface area (Å²) in [6.07, 6.45) is 1.74. The Kier molecular flexibility index (Phi) is 3.55. The number of carboxylic acids is 1. The van der Waals surface area contributed by atoms with Crippen molar-refractivity contribution in [1.29, 1.82) is 0 Å². The predicted molar refractivity (Wildman–Crippen MR) is 69.8 cm³/mol. The number of carbonyl (C=O) groups is 2. The third kappa shape index (κ3) is 2.59. The maximum atomic E-state index is 12.2. The highest BCUT2D eigenvalue weighted by molar-refractivity contribution is 6.00. The number of nitrogens with zero attached hydrogens (tertiary/aromatic N) is 1. The van der Waals surface area contributed by atoms with Crippen molar-refractivity contribution >= 4 is 18.0 Å². The zero-order valence-electron chi connectivity index (χ0n) is 10.8. The second-order valence-corrected chi connectivity index (χ2v) is 4.43. The van der Waals surface area contributed by atoms with E-state index in [0.717, 1.165) is 11.3 Å². The van der Waals surface area contributed by atoms with Crippen LogP contribution < -0.4 is 4.74 Å². The van der Waals surface area contributed by atoms with Crippen molar-refractivity contribution in [1.82, 2.24) is 4.90 Å². The molecule has 1 atom stereocenters. The monoisotopic (exact) mass is 261 g/mol.